The number of hydrogen-bond donors (Lipinski definition) is 0. The molecule has 2 nitrogen and oxygen atoms in total. The second-order valence-electron chi connectivity index (χ2n) is 8.56. The van der Waals surface area contributed by atoms with Gasteiger partial charge in [0.2, 0.25) is 0 Å². The fourth-order valence-electron chi connectivity index (χ4n) is 3.18. The van der Waals surface area contributed by atoms with Crippen molar-refractivity contribution < 1.29 is 9.47 Å². The monoisotopic (exact) mass is 362 g/mol. The lowest BCUT2D eigenvalue weighted by atomic mass is 9.84. The van der Waals surface area contributed by atoms with Gasteiger partial charge in [0, 0.05) is 20.1 Å². The van der Waals surface area contributed by atoms with Gasteiger partial charge in [0.15, 0.2) is 0 Å². The Morgan fingerprint density at radius 1 is 0.846 bits per heavy atom. The Morgan fingerprint density at radius 3 is 1.69 bits per heavy atom. The van der Waals surface area contributed by atoms with Crippen molar-refractivity contribution in [3.63, 3.8) is 0 Å². The molecule has 0 aromatic heterocycles. The van der Waals surface area contributed by atoms with E-state index in [9.17, 15) is 0 Å². The summed E-state index contributed by atoms with van der Waals surface area (Å²) >= 11 is 0. The number of hydrogen-bond acceptors (Lipinski definition) is 2. The van der Waals surface area contributed by atoms with Gasteiger partial charge in [-0.15, -0.1) is 0 Å². The highest BCUT2D eigenvalue weighted by Gasteiger charge is 2.27. The molecule has 0 saturated carbocycles. The molecular formula is C24H42O2. The molecule has 0 fully saturated rings. The molecule has 1 aromatic rings. The average Bonchev–Trinajstić information content (AvgIpc) is 2.64. The Hall–Kier alpha value is -1.02. The van der Waals surface area contributed by atoms with Crippen LogP contribution in [0.3, 0.4) is 0 Å². The molecular weight excluding hydrogens is 320 g/mol. The Morgan fingerprint density at radius 2 is 1.31 bits per heavy atom. The predicted molar refractivity (Wildman–Crippen MR) is 114 cm³/mol. The van der Waals surface area contributed by atoms with Crippen LogP contribution in [0.1, 0.15) is 116 Å². The molecule has 0 N–H and O–H groups in total. The highest BCUT2D eigenvalue weighted by Crippen LogP contribution is 2.41. The maximum absolute atomic E-state index is 6.70. The van der Waals surface area contributed by atoms with Crippen LogP contribution in [0.5, 0.6) is 5.75 Å². The molecule has 3 unspecified atom stereocenters. The lowest BCUT2D eigenvalue weighted by Gasteiger charge is -2.32. The minimum Gasteiger partial charge on any atom is -0.487 e. The third-order valence-corrected chi connectivity index (χ3v) is 5.92. The van der Waals surface area contributed by atoms with E-state index >= 15 is 0 Å². The maximum atomic E-state index is 6.70. The summed E-state index contributed by atoms with van der Waals surface area (Å²) in [4.78, 5) is 0. The van der Waals surface area contributed by atoms with Gasteiger partial charge in [0.25, 0.3) is 0 Å². The van der Waals surface area contributed by atoms with Crippen LogP contribution in [0.15, 0.2) is 12.1 Å². The van der Waals surface area contributed by atoms with Gasteiger partial charge in [-0.05, 0) is 67.6 Å². The van der Waals surface area contributed by atoms with Crippen molar-refractivity contribution >= 4 is 0 Å². The first-order valence-electron chi connectivity index (χ1n) is 10.6. The van der Waals surface area contributed by atoms with Crippen LogP contribution in [0.25, 0.3) is 0 Å². The first kappa shape index (κ1) is 23.0. The van der Waals surface area contributed by atoms with Crippen LogP contribution in [0.2, 0.25) is 0 Å². The number of benzene rings is 1. The van der Waals surface area contributed by atoms with Crippen molar-refractivity contribution in [1.82, 2.24) is 0 Å². The van der Waals surface area contributed by atoms with Crippen molar-refractivity contribution in [1.29, 1.82) is 0 Å². The summed E-state index contributed by atoms with van der Waals surface area (Å²) in [6.07, 6.45) is 4.30. The molecule has 0 saturated heterocycles. The van der Waals surface area contributed by atoms with E-state index in [2.05, 4.69) is 67.5 Å². The topological polar surface area (TPSA) is 18.5 Å². The van der Waals surface area contributed by atoms with E-state index in [1.807, 2.05) is 0 Å². The maximum Gasteiger partial charge on any atom is 0.127 e. The molecule has 0 bridgehead atoms. The van der Waals surface area contributed by atoms with Crippen molar-refractivity contribution in [3.8, 4) is 5.75 Å². The molecule has 1 aromatic carbocycles. The Balaban J connectivity index is 3.51. The Kier molecular flexibility index (Phi) is 9.16. The predicted octanol–water partition coefficient (Wildman–Crippen LogP) is 7.42. The Labute approximate surface area is 162 Å². The van der Waals surface area contributed by atoms with Gasteiger partial charge < -0.3 is 9.47 Å². The van der Waals surface area contributed by atoms with Crippen molar-refractivity contribution in [2.75, 3.05) is 13.7 Å². The molecule has 0 spiro atoms. The third-order valence-electron chi connectivity index (χ3n) is 5.92. The minimum absolute atomic E-state index is 0.238. The van der Waals surface area contributed by atoms with Crippen LogP contribution in [0, 0.1) is 0 Å². The summed E-state index contributed by atoms with van der Waals surface area (Å²) in [7, 11) is 1.76. The first-order valence-corrected chi connectivity index (χ1v) is 10.6. The fraction of sp³-hybridized carbons (Fsp3) is 0.750. The summed E-state index contributed by atoms with van der Waals surface area (Å²) in [5, 5.41) is 0. The van der Waals surface area contributed by atoms with E-state index in [1.54, 1.807) is 7.11 Å². The SMILES string of the molecule is CCC(C)c1cc(C(C)CC)c(OC(C)(C)CCOC)c(C(C)CC)c1. The van der Waals surface area contributed by atoms with Crippen molar-refractivity contribution in [2.24, 2.45) is 0 Å². The van der Waals surface area contributed by atoms with E-state index < -0.39 is 0 Å². The van der Waals surface area contributed by atoms with E-state index in [4.69, 9.17) is 9.47 Å². The molecule has 150 valence electrons. The second-order valence-corrected chi connectivity index (χ2v) is 8.56. The quantitative estimate of drug-likeness (QED) is 0.407. The molecule has 1 rings (SSSR count). The fourth-order valence-corrected chi connectivity index (χ4v) is 3.18. The molecule has 0 amide bonds. The molecule has 0 aliphatic heterocycles. The standard InChI is InChI=1S/C24H42O2/c1-10-17(4)20-15-21(18(5)11-2)23(22(16-20)19(6)12-3)26-24(7,8)13-14-25-9/h15-19H,10-14H2,1-9H3. The largest absolute Gasteiger partial charge is 0.487 e. The van der Waals surface area contributed by atoms with E-state index in [0.29, 0.717) is 17.8 Å². The highest BCUT2D eigenvalue weighted by molar-refractivity contribution is 5.49. The zero-order valence-electron chi connectivity index (χ0n) is 18.7. The Bertz CT molecular complexity index is 516. The molecule has 0 aliphatic carbocycles. The number of ether oxygens (including phenoxy) is 2. The summed E-state index contributed by atoms with van der Waals surface area (Å²) in [6.45, 7) is 18.9. The zero-order chi connectivity index (χ0) is 19.9. The highest BCUT2D eigenvalue weighted by atomic mass is 16.5. The number of methoxy groups -OCH3 is 1. The van der Waals surface area contributed by atoms with E-state index in [-0.39, 0.29) is 5.60 Å². The van der Waals surface area contributed by atoms with Gasteiger partial charge in [-0.25, -0.2) is 0 Å². The van der Waals surface area contributed by atoms with Crippen molar-refractivity contribution in [3.05, 3.63) is 28.8 Å². The molecule has 0 heterocycles. The van der Waals surface area contributed by atoms with Gasteiger partial charge in [-0.2, -0.15) is 0 Å². The van der Waals surface area contributed by atoms with Gasteiger partial charge in [0.05, 0.1) is 0 Å². The van der Waals surface area contributed by atoms with Gasteiger partial charge in [-0.3, -0.25) is 0 Å². The molecule has 0 radical (unpaired) electrons. The lowest BCUT2D eigenvalue weighted by molar-refractivity contribution is 0.0607. The summed E-state index contributed by atoms with van der Waals surface area (Å²) in [5.41, 5.74) is 3.98. The van der Waals surface area contributed by atoms with Crippen LogP contribution < -0.4 is 4.74 Å². The van der Waals surface area contributed by atoms with Gasteiger partial charge in [-0.1, -0.05) is 53.7 Å². The normalized spacial score (nSPS) is 15.6. The number of rotatable bonds is 11. The average molecular weight is 363 g/mol. The molecule has 0 aliphatic rings. The third kappa shape index (κ3) is 6.01. The first-order chi connectivity index (χ1) is 12.2. The summed E-state index contributed by atoms with van der Waals surface area (Å²) in [5.74, 6) is 2.70. The summed E-state index contributed by atoms with van der Waals surface area (Å²) in [6, 6.07) is 4.83. The molecule has 2 heteroatoms. The molecule has 26 heavy (non-hydrogen) atoms. The van der Waals surface area contributed by atoms with Crippen molar-refractivity contribution in [2.45, 2.75) is 104 Å². The van der Waals surface area contributed by atoms with Gasteiger partial charge >= 0.3 is 0 Å². The zero-order valence-corrected chi connectivity index (χ0v) is 18.7. The van der Waals surface area contributed by atoms with Crippen LogP contribution in [-0.4, -0.2) is 19.3 Å². The van der Waals surface area contributed by atoms with E-state index in [1.165, 1.54) is 23.1 Å². The van der Waals surface area contributed by atoms with Crippen LogP contribution in [-0.2, 0) is 4.74 Å². The summed E-state index contributed by atoms with van der Waals surface area (Å²) < 4.78 is 12.0. The minimum atomic E-state index is -0.238. The second kappa shape index (κ2) is 10.3. The van der Waals surface area contributed by atoms with Gasteiger partial charge in [0.1, 0.15) is 11.4 Å². The van der Waals surface area contributed by atoms with E-state index in [0.717, 1.165) is 31.6 Å². The van der Waals surface area contributed by atoms with Crippen LogP contribution in [0.4, 0.5) is 0 Å². The lowest BCUT2D eigenvalue weighted by Crippen LogP contribution is -2.31. The molecule has 3 atom stereocenters. The smallest absolute Gasteiger partial charge is 0.127 e. The van der Waals surface area contributed by atoms with Crippen LogP contribution >= 0.6 is 0 Å².